The van der Waals surface area contributed by atoms with Crippen LogP contribution in [0, 0.1) is 0 Å². The zero-order valence-electron chi connectivity index (χ0n) is 16.3. The van der Waals surface area contributed by atoms with Gasteiger partial charge in [0.15, 0.2) is 11.5 Å². The number of ether oxygens (including phenoxy) is 4. The van der Waals surface area contributed by atoms with Gasteiger partial charge in [-0.3, -0.25) is 4.79 Å². The van der Waals surface area contributed by atoms with Gasteiger partial charge in [0.25, 0.3) is 5.91 Å². The van der Waals surface area contributed by atoms with E-state index in [4.69, 9.17) is 18.9 Å². The number of allylic oxidation sites excluding steroid dienone is 1. The topological polar surface area (TPSA) is 74.3 Å². The lowest BCUT2D eigenvalue weighted by Crippen LogP contribution is -2.28. The van der Waals surface area contributed by atoms with Gasteiger partial charge in [0.2, 0.25) is 0 Å². The number of hydrogen-bond donors (Lipinski definition) is 0. The molecule has 1 heterocycles. The maximum Gasteiger partial charge on any atom is 0.340 e. The van der Waals surface area contributed by atoms with Gasteiger partial charge in [0, 0.05) is 19.4 Å². The van der Waals surface area contributed by atoms with Gasteiger partial charge in [-0.1, -0.05) is 6.07 Å². The summed E-state index contributed by atoms with van der Waals surface area (Å²) >= 11 is 0. The molecule has 1 aliphatic rings. The number of rotatable bonds is 8. The van der Waals surface area contributed by atoms with E-state index in [1.54, 1.807) is 52.3 Å². The molecule has 1 aromatic rings. The lowest BCUT2D eigenvalue weighted by Gasteiger charge is -2.16. The zero-order chi connectivity index (χ0) is 20.0. The van der Waals surface area contributed by atoms with E-state index in [0.29, 0.717) is 35.9 Å². The van der Waals surface area contributed by atoms with Gasteiger partial charge in [-0.2, -0.15) is 0 Å². The standard InChI is InChI=1S/C20H25NO6/c1-6-27-20(23)18-13(2)21(9-10-24-3)19(22)15(18)11-14-7-8-16(25-4)17(12-14)26-5/h7-8,11-12H,6,9-10H2,1-5H3. The van der Waals surface area contributed by atoms with Crippen LogP contribution in [-0.2, 0) is 19.1 Å². The van der Waals surface area contributed by atoms with Gasteiger partial charge in [0.05, 0.1) is 38.6 Å². The number of nitrogens with zero attached hydrogens (tertiary/aromatic N) is 1. The van der Waals surface area contributed by atoms with Gasteiger partial charge in [-0.15, -0.1) is 0 Å². The number of methoxy groups -OCH3 is 3. The molecule has 0 aliphatic carbocycles. The third kappa shape index (κ3) is 4.31. The van der Waals surface area contributed by atoms with Gasteiger partial charge >= 0.3 is 5.97 Å². The molecule has 1 aromatic carbocycles. The van der Waals surface area contributed by atoms with Crippen LogP contribution in [0.1, 0.15) is 19.4 Å². The lowest BCUT2D eigenvalue weighted by molar-refractivity contribution is -0.138. The Morgan fingerprint density at radius 2 is 1.85 bits per heavy atom. The Labute approximate surface area is 159 Å². The number of benzene rings is 1. The molecular formula is C20H25NO6. The Morgan fingerprint density at radius 3 is 2.44 bits per heavy atom. The summed E-state index contributed by atoms with van der Waals surface area (Å²) < 4.78 is 20.8. The van der Waals surface area contributed by atoms with Crippen LogP contribution in [-0.4, -0.2) is 57.9 Å². The highest BCUT2D eigenvalue weighted by atomic mass is 16.5. The maximum absolute atomic E-state index is 12.9. The smallest absolute Gasteiger partial charge is 0.340 e. The Balaban J connectivity index is 2.49. The molecule has 2 rings (SSSR count). The third-order valence-electron chi connectivity index (χ3n) is 4.23. The molecule has 146 valence electrons. The summed E-state index contributed by atoms with van der Waals surface area (Å²) in [4.78, 5) is 26.9. The second kappa shape index (κ2) is 9.23. The monoisotopic (exact) mass is 375 g/mol. The first kappa shape index (κ1) is 20.5. The van der Waals surface area contributed by atoms with Gasteiger partial charge < -0.3 is 23.8 Å². The molecule has 1 aliphatic heterocycles. The molecule has 0 fully saturated rings. The van der Waals surface area contributed by atoms with E-state index in [9.17, 15) is 9.59 Å². The fourth-order valence-corrected chi connectivity index (χ4v) is 2.89. The van der Waals surface area contributed by atoms with Crippen molar-refractivity contribution in [3.63, 3.8) is 0 Å². The number of amides is 1. The van der Waals surface area contributed by atoms with E-state index in [-0.39, 0.29) is 23.7 Å². The summed E-state index contributed by atoms with van der Waals surface area (Å²) in [7, 11) is 4.65. The zero-order valence-corrected chi connectivity index (χ0v) is 16.3. The van der Waals surface area contributed by atoms with Crippen molar-refractivity contribution in [1.82, 2.24) is 4.90 Å². The lowest BCUT2D eigenvalue weighted by atomic mass is 10.0. The maximum atomic E-state index is 12.9. The summed E-state index contributed by atoms with van der Waals surface area (Å²) in [6.45, 7) is 4.40. The van der Waals surface area contributed by atoms with E-state index in [1.165, 1.54) is 12.0 Å². The van der Waals surface area contributed by atoms with Crippen molar-refractivity contribution in [3.05, 3.63) is 40.6 Å². The van der Waals surface area contributed by atoms with E-state index in [2.05, 4.69) is 0 Å². The number of esters is 1. The average Bonchev–Trinajstić information content (AvgIpc) is 2.89. The summed E-state index contributed by atoms with van der Waals surface area (Å²) in [6, 6.07) is 5.28. The first-order valence-electron chi connectivity index (χ1n) is 8.61. The van der Waals surface area contributed by atoms with Crippen molar-refractivity contribution in [3.8, 4) is 11.5 Å². The highest BCUT2D eigenvalue weighted by Gasteiger charge is 2.36. The fourth-order valence-electron chi connectivity index (χ4n) is 2.89. The molecule has 0 atom stereocenters. The van der Waals surface area contributed by atoms with Crippen LogP contribution in [0.4, 0.5) is 0 Å². The molecule has 0 unspecified atom stereocenters. The summed E-state index contributed by atoms with van der Waals surface area (Å²) in [5.74, 6) is 0.334. The molecule has 1 amide bonds. The van der Waals surface area contributed by atoms with Crippen molar-refractivity contribution in [2.45, 2.75) is 13.8 Å². The van der Waals surface area contributed by atoms with Gasteiger partial charge in [-0.05, 0) is 37.6 Å². The molecule has 0 aromatic heterocycles. The molecule has 0 saturated heterocycles. The van der Waals surface area contributed by atoms with E-state index < -0.39 is 5.97 Å². The van der Waals surface area contributed by atoms with Gasteiger partial charge in [0.1, 0.15) is 0 Å². The van der Waals surface area contributed by atoms with Crippen LogP contribution < -0.4 is 9.47 Å². The van der Waals surface area contributed by atoms with E-state index in [0.717, 1.165) is 0 Å². The number of carbonyl (C=O) groups is 2. The van der Waals surface area contributed by atoms with Crippen LogP contribution >= 0.6 is 0 Å². The molecule has 27 heavy (non-hydrogen) atoms. The van der Waals surface area contributed by atoms with E-state index in [1.807, 2.05) is 0 Å². The molecule has 0 bridgehead atoms. The second-order valence-electron chi connectivity index (χ2n) is 5.80. The Kier molecular flexibility index (Phi) is 7.01. The molecule has 0 spiro atoms. The normalized spacial score (nSPS) is 15.5. The van der Waals surface area contributed by atoms with Crippen molar-refractivity contribution in [2.24, 2.45) is 0 Å². The molecule has 7 heteroatoms. The molecule has 0 saturated carbocycles. The Morgan fingerprint density at radius 1 is 1.15 bits per heavy atom. The predicted molar refractivity (Wildman–Crippen MR) is 100 cm³/mol. The van der Waals surface area contributed by atoms with Crippen molar-refractivity contribution < 1.29 is 28.5 Å². The van der Waals surface area contributed by atoms with Gasteiger partial charge in [-0.25, -0.2) is 4.79 Å². The van der Waals surface area contributed by atoms with E-state index >= 15 is 0 Å². The summed E-state index contributed by atoms with van der Waals surface area (Å²) in [5, 5.41) is 0. The Hall–Kier alpha value is -2.80. The number of hydrogen-bond acceptors (Lipinski definition) is 6. The first-order chi connectivity index (χ1) is 13.0. The molecule has 7 nitrogen and oxygen atoms in total. The number of carbonyl (C=O) groups excluding carboxylic acids is 2. The second-order valence-corrected chi connectivity index (χ2v) is 5.80. The Bertz CT molecular complexity index is 781. The third-order valence-corrected chi connectivity index (χ3v) is 4.23. The average molecular weight is 375 g/mol. The minimum absolute atomic E-state index is 0.228. The molecule has 0 radical (unpaired) electrons. The highest BCUT2D eigenvalue weighted by molar-refractivity contribution is 6.16. The summed E-state index contributed by atoms with van der Waals surface area (Å²) in [5.41, 5.74) is 1.82. The largest absolute Gasteiger partial charge is 0.493 e. The molecular weight excluding hydrogens is 350 g/mol. The van der Waals surface area contributed by atoms with Crippen molar-refractivity contribution in [2.75, 3.05) is 41.1 Å². The SMILES string of the molecule is CCOC(=O)C1=C(C)N(CCOC)C(=O)C1=Cc1ccc(OC)c(OC)c1. The fraction of sp³-hybridized carbons (Fsp3) is 0.400. The van der Waals surface area contributed by atoms with Crippen LogP contribution in [0.2, 0.25) is 0 Å². The highest BCUT2D eigenvalue weighted by Crippen LogP contribution is 2.33. The van der Waals surface area contributed by atoms with Crippen molar-refractivity contribution in [1.29, 1.82) is 0 Å². The summed E-state index contributed by atoms with van der Waals surface area (Å²) in [6.07, 6.45) is 1.66. The quantitative estimate of drug-likeness (QED) is 0.513. The first-order valence-corrected chi connectivity index (χ1v) is 8.61. The van der Waals surface area contributed by atoms with Crippen LogP contribution in [0.3, 0.4) is 0 Å². The minimum Gasteiger partial charge on any atom is -0.493 e. The molecule has 0 N–H and O–H groups in total. The van der Waals surface area contributed by atoms with Crippen LogP contribution in [0.15, 0.2) is 35.0 Å². The van der Waals surface area contributed by atoms with Crippen molar-refractivity contribution >= 4 is 18.0 Å². The van der Waals surface area contributed by atoms with Crippen LogP contribution in [0.5, 0.6) is 11.5 Å². The van der Waals surface area contributed by atoms with Crippen LogP contribution in [0.25, 0.3) is 6.08 Å². The minimum atomic E-state index is -0.519. The predicted octanol–water partition coefficient (Wildman–Crippen LogP) is 2.41.